The fraction of sp³-hybridized carbons (Fsp3) is 0. The van der Waals surface area contributed by atoms with Crippen molar-refractivity contribution in [2.45, 2.75) is 0 Å². The van der Waals surface area contributed by atoms with Gasteiger partial charge in [0.1, 0.15) is 28.2 Å². The summed E-state index contributed by atoms with van der Waals surface area (Å²) in [5.41, 5.74) is 5.73. The Morgan fingerprint density at radius 3 is 1.90 bits per heavy atom. The molecule has 0 fully saturated rings. The topological polar surface area (TPSA) is 99.3 Å². The molecule has 4 aromatic heterocycles. The largest absolute Gasteiger partial charge is 0.456 e. The maximum absolute atomic E-state index is 13.1. The fourth-order valence-corrected chi connectivity index (χ4v) is 6.23. The van der Waals surface area contributed by atoms with Gasteiger partial charge in [-0.05, 0) is 59.0 Å². The quantitative estimate of drug-likeness (QED) is 0.137. The predicted molar refractivity (Wildman–Crippen MR) is 191 cm³/mol. The summed E-state index contributed by atoms with van der Waals surface area (Å²) in [7, 11) is 0. The van der Waals surface area contributed by atoms with E-state index in [1.165, 1.54) is 0 Å². The molecule has 0 aliphatic heterocycles. The van der Waals surface area contributed by atoms with Crippen LogP contribution in [0.5, 0.6) is 0 Å². The second kappa shape index (κ2) is 11.4. The summed E-state index contributed by atoms with van der Waals surface area (Å²) in [6.07, 6.45) is 3.26. The van der Waals surface area contributed by atoms with E-state index < -0.39 is 11.3 Å². The van der Waals surface area contributed by atoms with Gasteiger partial charge in [-0.2, -0.15) is 0 Å². The van der Waals surface area contributed by atoms with E-state index in [4.69, 9.17) is 13.3 Å². The summed E-state index contributed by atoms with van der Waals surface area (Å²) in [6.45, 7) is 0. The molecule has 0 amide bonds. The zero-order valence-corrected chi connectivity index (χ0v) is 25.8. The van der Waals surface area contributed by atoms with Gasteiger partial charge in [-0.25, -0.2) is 9.59 Å². The highest BCUT2D eigenvalue weighted by atomic mass is 16.4. The molecule has 7 nitrogen and oxygen atoms in total. The van der Waals surface area contributed by atoms with E-state index in [0.29, 0.717) is 45.2 Å². The van der Waals surface area contributed by atoms with Crippen LogP contribution in [0.3, 0.4) is 0 Å². The summed E-state index contributed by atoms with van der Waals surface area (Å²) in [5, 5.41) is 3.54. The molecule has 0 saturated carbocycles. The van der Waals surface area contributed by atoms with Crippen LogP contribution in [-0.2, 0) is 0 Å². The summed E-state index contributed by atoms with van der Waals surface area (Å²) in [4.78, 5) is 34.9. The molecule has 49 heavy (non-hydrogen) atoms. The van der Waals surface area contributed by atoms with Gasteiger partial charge >= 0.3 is 11.3 Å². The molecular weight excluding hydrogens is 612 g/mol. The molecule has 9 rings (SSSR count). The number of hydrogen-bond acceptors (Lipinski definition) is 7. The van der Waals surface area contributed by atoms with Crippen molar-refractivity contribution in [3.63, 3.8) is 0 Å². The third-order valence-corrected chi connectivity index (χ3v) is 8.70. The Balaban J connectivity index is 1.00. The molecule has 0 spiro atoms. The standard InChI is InChI=1S/C42H24N2O5/c45-41-33(21-30-8-2-4-14-37(30)48-41)36-24-43-35(23-44-36)28-11-5-9-26(19-28)27-10-6-12-29(20-27)38-17-18-39(47-38)34-22-31-16-15-25-7-1-3-13-32(25)40(31)49-42(34)46/h1-24H. The van der Waals surface area contributed by atoms with Crippen molar-refractivity contribution in [3.8, 4) is 56.3 Å². The summed E-state index contributed by atoms with van der Waals surface area (Å²) < 4.78 is 17.5. The molecule has 9 aromatic rings. The molecule has 0 aliphatic carbocycles. The normalized spacial score (nSPS) is 11.4. The lowest BCUT2D eigenvalue weighted by Crippen LogP contribution is -2.04. The molecule has 232 valence electrons. The molecule has 0 bridgehead atoms. The lowest BCUT2D eigenvalue weighted by molar-refractivity contribution is 0.553. The van der Waals surface area contributed by atoms with Crippen molar-refractivity contribution in [2.24, 2.45) is 0 Å². The predicted octanol–water partition coefficient (Wildman–Crippen LogP) is 9.77. The molecule has 0 N–H and O–H groups in total. The SMILES string of the molecule is O=c1oc2ccccc2cc1-c1cnc(-c2cccc(-c3cccc(-c4ccc(-c5cc6ccc7ccccc7c6oc5=O)o4)c3)c2)cn1. The van der Waals surface area contributed by atoms with Crippen molar-refractivity contribution in [3.05, 3.63) is 167 Å². The first-order valence-corrected chi connectivity index (χ1v) is 15.7. The first-order chi connectivity index (χ1) is 24.1. The first kappa shape index (κ1) is 28.4. The van der Waals surface area contributed by atoms with Crippen LogP contribution >= 0.6 is 0 Å². The van der Waals surface area contributed by atoms with Gasteiger partial charge in [-0.3, -0.25) is 9.97 Å². The molecule has 0 radical (unpaired) electrons. The molecule has 7 heteroatoms. The zero-order valence-electron chi connectivity index (χ0n) is 25.8. The monoisotopic (exact) mass is 636 g/mol. The number of benzene rings is 5. The maximum Gasteiger partial charge on any atom is 0.347 e. The van der Waals surface area contributed by atoms with E-state index in [2.05, 4.69) is 9.97 Å². The van der Waals surface area contributed by atoms with Gasteiger partial charge in [0.15, 0.2) is 0 Å². The van der Waals surface area contributed by atoms with Crippen LogP contribution < -0.4 is 11.3 Å². The molecule has 0 aliphatic rings. The van der Waals surface area contributed by atoms with Gasteiger partial charge in [-0.15, -0.1) is 0 Å². The molecule has 0 unspecified atom stereocenters. The van der Waals surface area contributed by atoms with Crippen LogP contribution in [-0.4, -0.2) is 9.97 Å². The van der Waals surface area contributed by atoms with Gasteiger partial charge in [0.05, 0.1) is 29.3 Å². The average Bonchev–Trinajstić information content (AvgIpc) is 3.65. The number of rotatable bonds is 5. The lowest BCUT2D eigenvalue weighted by atomic mass is 9.99. The summed E-state index contributed by atoms with van der Waals surface area (Å²) in [5.74, 6) is 1.07. The molecular formula is C42H24N2O5. The van der Waals surface area contributed by atoms with Crippen molar-refractivity contribution in [1.29, 1.82) is 0 Å². The van der Waals surface area contributed by atoms with Gasteiger partial charge < -0.3 is 13.3 Å². The van der Waals surface area contributed by atoms with E-state index in [9.17, 15) is 9.59 Å². The maximum atomic E-state index is 13.1. The van der Waals surface area contributed by atoms with E-state index in [-0.39, 0.29) is 0 Å². The van der Waals surface area contributed by atoms with Crippen LogP contribution in [0.15, 0.2) is 169 Å². The summed E-state index contributed by atoms with van der Waals surface area (Å²) >= 11 is 0. The Kier molecular flexibility index (Phi) is 6.62. The smallest absolute Gasteiger partial charge is 0.347 e. The number of aromatic nitrogens is 2. The summed E-state index contributed by atoms with van der Waals surface area (Å²) in [6, 6.07) is 42.5. The average molecular weight is 637 g/mol. The third kappa shape index (κ3) is 5.10. The van der Waals surface area contributed by atoms with E-state index in [0.717, 1.165) is 43.8 Å². The first-order valence-electron chi connectivity index (χ1n) is 15.7. The number of fused-ring (bicyclic) bond motifs is 4. The van der Waals surface area contributed by atoms with E-state index >= 15 is 0 Å². The minimum atomic E-state index is -0.458. The van der Waals surface area contributed by atoms with Crippen molar-refractivity contribution in [1.82, 2.24) is 9.97 Å². The zero-order chi connectivity index (χ0) is 32.9. The van der Waals surface area contributed by atoms with E-state index in [1.54, 1.807) is 30.6 Å². The number of furan rings is 1. The highest BCUT2D eigenvalue weighted by Gasteiger charge is 2.15. The van der Waals surface area contributed by atoms with Gasteiger partial charge in [-0.1, -0.05) is 91.0 Å². The van der Waals surface area contributed by atoms with Gasteiger partial charge in [0, 0.05) is 27.3 Å². The van der Waals surface area contributed by atoms with Crippen molar-refractivity contribution in [2.75, 3.05) is 0 Å². The Hall–Kier alpha value is -6.86. The van der Waals surface area contributed by atoms with Crippen LogP contribution in [0, 0.1) is 0 Å². The van der Waals surface area contributed by atoms with Gasteiger partial charge in [0.25, 0.3) is 0 Å². The number of para-hydroxylation sites is 1. The molecule has 4 heterocycles. The van der Waals surface area contributed by atoms with Crippen molar-refractivity contribution < 1.29 is 13.3 Å². The van der Waals surface area contributed by atoms with Crippen LogP contribution in [0.2, 0.25) is 0 Å². The Morgan fingerprint density at radius 1 is 0.429 bits per heavy atom. The Morgan fingerprint density at radius 2 is 1.06 bits per heavy atom. The highest BCUT2D eigenvalue weighted by Crippen LogP contribution is 2.33. The van der Waals surface area contributed by atoms with E-state index in [1.807, 2.05) is 115 Å². The Labute approximate surface area is 278 Å². The molecule has 0 atom stereocenters. The second-order valence-corrected chi connectivity index (χ2v) is 11.8. The lowest BCUT2D eigenvalue weighted by Gasteiger charge is -2.08. The third-order valence-electron chi connectivity index (χ3n) is 8.70. The number of nitrogens with zero attached hydrogens (tertiary/aromatic N) is 2. The van der Waals surface area contributed by atoms with Gasteiger partial charge in [0.2, 0.25) is 0 Å². The molecule has 5 aromatic carbocycles. The highest BCUT2D eigenvalue weighted by molar-refractivity contribution is 6.04. The van der Waals surface area contributed by atoms with Crippen LogP contribution in [0.4, 0.5) is 0 Å². The van der Waals surface area contributed by atoms with Crippen LogP contribution in [0.25, 0.3) is 89.0 Å². The van der Waals surface area contributed by atoms with Crippen LogP contribution in [0.1, 0.15) is 0 Å². The molecule has 0 saturated heterocycles. The fourth-order valence-electron chi connectivity index (χ4n) is 6.23. The minimum Gasteiger partial charge on any atom is -0.456 e. The second-order valence-electron chi connectivity index (χ2n) is 11.8. The minimum absolute atomic E-state index is 0.361. The number of hydrogen-bond donors (Lipinski definition) is 0. The Bertz CT molecular complexity index is 2830. The van der Waals surface area contributed by atoms with Crippen molar-refractivity contribution >= 4 is 32.7 Å².